The quantitative estimate of drug-likeness (QED) is 0.466. The topological polar surface area (TPSA) is 97.8 Å². The maximum absolute atomic E-state index is 13.5. The van der Waals surface area contributed by atoms with Crippen molar-refractivity contribution in [2.45, 2.75) is 31.3 Å². The number of nitrogens with two attached hydrogens (primary N) is 1. The third kappa shape index (κ3) is 2.63. The van der Waals surface area contributed by atoms with Gasteiger partial charge in [-0.05, 0) is 24.8 Å². The standard InChI is InChI=1S/C22H23Cl2N7O/c1-29-21(32)15-12(11-6-7-13-16(17(11)23)19(24)30(2)28-13)8-26-20(15)27-22(29)31-9-10-4-3-5-14(31)18(10)25/h6-8,10,14,18,26H,3-5,9,25H2,1-2H3/t10-,14-,18-/m1/s1. The number of aromatic nitrogens is 5. The van der Waals surface area contributed by atoms with E-state index in [9.17, 15) is 4.79 Å². The minimum atomic E-state index is -0.121. The molecule has 0 unspecified atom stereocenters. The Hall–Kier alpha value is -2.55. The molecule has 0 spiro atoms. The SMILES string of the molecule is Cn1nc2ccc(-c3c[nH]c4nc(N5C[C@H]6CCC[C@@H]5[C@@H]6N)n(C)c(=O)c34)c(Cl)c2c1Cl. The van der Waals surface area contributed by atoms with Crippen molar-refractivity contribution in [2.24, 2.45) is 25.7 Å². The minimum absolute atomic E-state index is 0.121. The Morgan fingerprint density at radius 1 is 1.16 bits per heavy atom. The van der Waals surface area contributed by atoms with Gasteiger partial charge in [-0.1, -0.05) is 35.7 Å². The highest BCUT2D eigenvalue weighted by Crippen LogP contribution is 2.40. The minimum Gasteiger partial charge on any atom is -0.345 e. The van der Waals surface area contributed by atoms with E-state index >= 15 is 0 Å². The fraction of sp³-hybridized carbons (Fsp3) is 0.409. The molecule has 1 saturated carbocycles. The van der Waals surface area contributed by atoms with Crippen LogP contribution in [0.25, 0.3) is 33.1 Å². The molecule has 1 saturated heterocycles. The van der Waals surface area contributed by atoms with E-state index in [-0.39, 0.29) is 17.6 Å². The molecular formula is C22H23Cl2N7O. The molecule has 3 N–H and O–H groups in total. The molecule has 6 rings (SSSR count). The summed E-state index contributed by atoms with van der Waals surface area (Å²) in [5, 5.41) is 6.47. The molecule has 1 aliphatic carbocycles. The maximum atomic E-state index is 13.5. The predicted molar refractivity (Wildman–Crippen MR) is 128 cm³/mol. The molecule has 0 radical (unpaired) electrons. The molecule has 3 aromatic heterocycles. The van der Waals surface area contributed by atoms with Gasteiger partial charge in [0.05, 0.1) is 21.3 Å². The average Bonchev–Trinajstić information content (AvgIpc) is 3.35. The van der Waals surface area contributed by atoms with Crippen molar-refractivity contribution in [2.75, 3.05) is 11.4 Å². The van der Waals surface area contributed by atoms with E-state index in [0.717, 1.165) is 19.4 Å². The summed E-state index contributed by atoms with van der Waals surface area (Å²) in [5.74, 6) is 1.12. The van der Waals surface area contributed by atoms with E-state index in [0.29, 0.717) is 55.1 Å². The third-order valence-electron chi connectivity index (χ3n) is 7.20. The van der Waals surface area contributed by atoms with Crippen LogP contribution in [0.5, 0.6) is 0 Å². The number of benzene rings is 1. The molecule has 1 aromatic carbocycles. The van der Waals surface area contributed by atoms with Crippen molar-refractivity contribution < 1.29 is 0 Å². The van der Waals surface area contributed by atoms with Crippen LogP contribution < -0.4 is 16.2 Å². The smallest absolute Gasteiger partial charge is 0.264 e. The maximum Gasteiger partial charge on any atom is 0.264 e. The van der Waals surface area contributed by atoms with Crippen LogP contribution in [0.15, 0.2) is 23.1 Å². The van der Waals surface area contributed by atoms with Gasteiger partial charge in [0.15, 0.2) is 0 Å². The monoisotopic (exact) mass is 471 g/mol. The number of halogens is 2. The second-order valence-electron chi connectivity index (χ2n) is 8.93. The van der Waals surface area contributed by atoms with Gasteiger partial charge in [0.25, 0.3) is 5.56 Å². The molecule has 2 bridgehead atoms. The van der Waals surface area contributed by atoms with Crippen molar-refractivity contribution >= 4 is 51.1 Å². The Labute approximate surface area is 193 Å². The van der Waals surface area contributed by atoms with Crippen LogP contribution in [-0.4, -0.2) is 42.9 Å². The molecule has 10 heteroatoms. The zero-order valence-corrected chi connectivity index (χ0v) is 19.3. The van der Waals surface area contributed by atoms with Crippen molar-refractivity contribution in [3.63, 3.8) is 0 Å². The van der Waals surface area contributed by atoms with Crippen molar-refractivity contribution in [1.82, 2.24) is 24.3 Å². The van der Waals surface area contributed by atoms with Crippen LogP contribution in [0.2, 0.25) is 10.2 Å². The Balaban J connectivity index is 1.53. The number of rotatable bonds is 2. The Morgan fingerprint density at radius 2 is 1.97 bits per heavy atom. The van der Waals surface area contributed by atoms with E-state index in [1.165, 1.54) is 6.42 Å². The van der Waals surface area contributed by atoms with Crippen LogP contribution in [0.4, 0.5) is 5.95 Å². The van der Waals surface area contributed by atoms with E-state index in [1.807, 2.05) is 12.1 Å². The summed E-state index contributed by atoms with van der Waals surface area (Å²) < 4.78 is 3.22. The number of H-pyrrole nitrogens is 1. The molecule has 2 fully saturated rings. The van der Waals surface area contributed by atoms with Gasteiger partial charge in [-0.25, -0.2) is 0 Å². The fourth-order valence-electron chi connectivity index (χ4n) is 5.52. The average molecular weight is 472 g/mol. The molecule has 32 heavy (non-hydrogen) atoms. The Kier molecular flexibility index (Phi) is 4.38. The zero-order chi connectivity index (χ0) is 22.3. The van der Waals surface area contributed by atoms with Gasteiger partial charge in [0.1, 0.15) is 10.8 Å². The summed E-state index contributed by atoms with van der Waals surface area (Å²) in [5.41, 5.74) is 9.01. The van der Waals surface area contributed by atoms with Crippen LogP contribution in [-0.2, 0) is 14.1 Å². The van der Waals surface area contributed by atoms with Gasteiger partial charge in [-0.3, -0.25) is 14.0 Å². The van der Waals surface area contributed by atoms with Crippen LogP contribution in [0.3, 0.4) is 0 Å². The van der Waals surface area contributed by atoms with Crippen LogP contribution in [0.1, 0.15) is 19.3 Å². The number of fused-ring (bicyclic) bond motifs is 4. The van der Waals surface area contributed by atoms with Gasteiger partial charge in [-0.15, -0.1) is 0 Å². The van der Waals surface area contributed by atoms with E-state index in [4.69, 9.17) is 33.9 Å². The fourth-order valence-corrected chi connectivity index (χ4v) is 6.15. The molecule has 3 atom stereocenters. The van der Waals surface area contributed by atoms with Gasteiger partial charge < -0.3 is 15.6 Å². The summed E-state index contributed by atoms with van der Waals surface area (Å²) in [6.45, 7) is 0.840. The number of hydrogen-bond donors (Lipinski definition) is 2. The number of aromatic amines is 1. The molecule has 2 aliphatic rings. The molecule has 1 aliphatic heterocycles. The molecule has 0 amide bonds. The molecule has 8 nitrogen and oxygen atoms in total. The first-order valence-corrected chi connectivity index (χ1v) is 11.5. The summed E-state index contributed by atoms with van der Waals surface area (Å²) >= 11 is 13.2. The number of anilines is 1. The first-order valence-electron chi connectivity index (χ1n) is 10.8. The second-order valence-corrected chi connectivity index (χ2v) is 9.66. The van der Waals surface area contributed by atoms with Crippen molar-refractivity contribution in [3.8, 4) is 11.1 Å². The van der Waals surface area contributed by atoms with Crippen LogP contribution in [0, 0.1) is 5.92 Å². The van der Waals surface area contributed by atoms with Crippen molar-refractivity contribution in [3.05, 3.63) is 38.9 Å². The summed E-state index contributed by atoms with van der Waals surface area (Å²) in [4.78, 5) is 23.8. The lowest BCUT2D eigenvalue weighted by molar-refractivity contribution is 0.357. The summed E-state index contributed by atoms with van der Waals surface area (Å²) in [6.07, 6.45) is 5.12. The molecule has 166 valence electrons. The first kappa shape index (κ1) is 20.1. The normalized spacial score (nSPS) is 23.0. The molecular weight excluding hydrogens is 449 g/mol. The van der Waals surface area contributed by atoms with E-state index in [2.05, 4.69) is 15.0 Å². The zero-order valence-electron chi connectivity index (χ0n) is 17.8. The highest BCUT2D eigenvalue weighted by atomic mass is 35.5. The third-order valence-corrected chi connectivity index (χ3v) is 8.03. The molecule has 4 aromatic rings. The predicted octanol–water partition coefficient (Wildman–Crippen LogP) is 3.44. The van der Waals surface area contributed by atoms with E-state index < -0.39 is 0 Å². The lowest BCUT2D eigenvalue weighted by Gasteiger charge is -2.30. The number of nitrogens with zero attached hydrogens (tertiary/aromatic N) is 5. The van der Waals surface area contributed by atoms with Crippen molar-refractivity contribution in [1.29, 1.82) is 0 Å². The number of nitrogens with one attached hydrogen (secondary N) is 1. The lowest BCUT2D eigenvalue weighted by atomic mass is 9.86. The van der Waals surface area contributed by atoms with Gasteiger partial charge in [-0.2, -0.15) is 10.1 Å². The van der Waals surface area contributed by atoms with Crippen LogP contribution >= 0.6 is 23.2 Å². The highest BCUT2D eigenvalue weighted by molar-refractivity contribution is 6.43. The van der Waals surface area contributed by atoms with Gasteiger partial charge >= 0.3 is 0 Å². The molecule has 4 heterocycles. The number of hydrogen-bond acceptors (Lipinski definition) is 5. The van der Waals surface area contributed by atoms with Gasteiger partial charge in [0.2, 0.25) is 5.95 Å². The van der Waals surface area contributed by atoms with Gasteiger partial charge in [0, 0.05) is 50.0 Å². The first-order chi connectivity index (χ1) is 15.4. The summed E-state index contributed by atoms with van der Waals surface area (Å²) in [6, 6.07) is 4.08. The number of aryl methyl sites for hydroxylation is 1. The highest BCUT2D eigenvalue weighted by Gasteiger charge is 2.43. The van der Waals surface area contributed by atoms with E-state index in [1.54, 1.807) is 29.5 Å². The Morgan fingerprint density at radius 3 is 2.75 bits per heavy atom. The summed E-state index contributed by atoms with van der Waals surface area (Å²) in [7, 11) is 3.54. The lowest BCUT2D eigenvalue weighted by Crippen LogP contribution is -2.44. The second kappa shape index (κ2) is 6.97. The Bertz CT molecular complexity index is 1450. The largest absolute Gasteiger partial charge is 0.345 e.